The van der Waals surface area contributed by atoms with E-state index in [1.54, 1.807) is 23.3 Å². The predicted molar refractivity (Wildman–Crippen MR) is 65.9 cm³/mol. The zero-order valence-corrected chi connectivity index (χ0v) is 11.3. The van der Waals surface area contributed by atoms with Gasteiger partial charge < -0.3 is 14.8 Å². The molecule has 1 atom stereocenters. The van der Waals surface area contributed by atoms with E-state index in [1.165, 1.54) is 31.6 Å². The van der Waals surface area contributed by atoms with Crippen LogP contribution in [-0.2, 0) is 4.79 Å². The van der Waals surface area contributed by atoms with Crippen LogP contribution in [0.1, 0.15) is 27.7 Å². The molecule has 0 bridgehead atoms. The molecule has 1 aliphatic rings. The van der Waals surface area contributed by atoms with Crippen molar-refractivity contribution in [3.63, 3.8) is 0 Å². The average molecular weight is 246 g/mol. The zero-order chi connectivity index (χ0) is 12.6. The SMILES string of the molecule is CC1(C(=O)[O-])C=CSN1.CC[NH+](CC)CC. The maximum atomic E-state index is 10.3. The number of carboxylic acid groups (broad SMARTS) is 1. The first-order chi connectivity index (χ1) is 7.50. The standard InChI is InChI=1S/C6H15N.C5H7NO2S/c1-4-7(5-2)6-3;1-5(4(7)8)2-3-9-6-5/h4-6H2,1-3H3;2-3,6H,1H3,(H,7,8). The summed E-state index contributed by atoms with van der Waals surface area (Å²) in [5.41, 5.74) is -0.968. The molecule has 0 spiro atoms. The third-order valence-corrected chi connectivity index (χ3v) is 3.48. The summed E-state index contributed by atoms with van der Waals surface area (Å²) >= 11 is 1.26. The zero-order valence-electron chi connectivity index (χ0n) is 10.5. The Hall–Kier alpha value is -0.520. The van der Waals surface area contributed by atoms with E-state index in [9.17, 15) is 9.90 Å². The van der Waals surface area contributed by atoms with Crippen LogP contribution in [0.3, 0.4) is 0 Å². The number of carboxylic acids is 1. The third-order valence-electron chi connectivity index (χ3n) is 2.66. The first-order valence-corrected chi connectivity index (χ1v) is 6.53. The monoisotopic (exact) mass is 246 g/mol. The quantitative estimate of drug-likeness (QED) is 0.637. The van der Waals surface area contributed by atoms with E-state index >= 15 is 0 Å². The van der Waals surface area contributed by atoms with E-state index in [0.29, 0.717) is 0 Å². The summed E-state index contributed by atoms with van der Waals surface area (Å²) in [6.07, 6.45) is 1.56. The van der Waals surface area contributed by atoms with E-state index < -0.39 is 11.5 Å². The molecule has 1 rings (SSSR count). The second kappa shape index (κ2) is 7.70. The molecule has 0 fully saturated rings. The summed E-state index contributed by atoms with van der Waals surface area (Å²) in [5.74, 6) is -1.09. The minimum atomic E-state index is -1.09. The predicted octanol–water partition coefficient (Wildman–Crippen LogP) is -0.809. The van der Waals surface area contributed by atoms with Crippen molar-refractivity contribution < 1.29 is 14.8 Å². The molecule has 0 saturated carbocycles. The van der Waals surface area contributed by atoms with Gasteiger partial charge in [0, 0.05) is 0 Å². The highest BCUT2D eigenvalue weighted by Gasteiger charge is 2.24. The van der Waals surface area contributed by atoms with Crippen molar-refractivity contribution in [2.75, 3.05) is 19.6 Å². The maximum absolute atomic E-state index is 10.3. The summed E-state index contributed by atoms with van der Waals surface area (Å²) in [6.45, 7) is 12.0. The molecule has 1 aliphatic heterocycles. The number of carbonyl (C=O) groups is 1. The van der Waals surface area contributed by atoms with Crippen molar-refractivity contribution in [1.82, 2.24) is 4.72 Å². The fourth-order valence-electron chi connectivity index (χ4n) is 1.22. The summed E-state index contributed by atoms with van der Waals surface area (Å²) in [7, 11) is 0. The Bertz CT molecular complexity index is 237. The normalized spacial score (nSPS) is 23.1. The van der Waals surface area contributed by atoms with Crippen LogP contribution in [0, 0.1) is 0 Å². The van der Waals surface area contributed by atoms with Gasteiger partial charge in [-0.2, -0.15) is 0 Å². The second-order valence-corrected chi connectivity index (χ2v) is 4.54. The number of rotatable bonds is 4. The number of quaternary nitrogens is 1. The molecule has 0 saturated heterocycles. The Labute approximate surface area is 102 Å². The van der Waals surface area contributed by atoms with Crippen LogP contribution in [0.4, 0.5) is 0 Å². The number of hydrogen-bond acceptors (Lipinski definition) is 4. The first-order valence-electron chi connectivity index (χ1n) is 5.65. The molecule has 5 heteroatoms. The van der Waals surface area contributed by atoms with E-state index in [0.717, 1.165) is 0 Å². The molecule has 2 N–H and O–H groups in total. The van der Waals surface area contributed by atoms with Gasteiger partial charge in [-0.05, 0) is 33.1 Å². The van der Waals surface area contributed by atoms with Crippen molar-refractivity contribution in [1.29, 1.82) is 0 Å². The van der Waals surface area contributed by atoms with Crippen LogP contribution < -0.4 is 14.7 Å². The fourth-order valence-corrected chi connectivity index (χ4v) is 2.02. The summed E-state index contributed by atoms with van der Waals surface area (Å²) in [5, 5.41) is 12.0. The molecule has 0 radical (unpaired) electrons. The van der Waals surface area contributed by atoms with Gasteiger partial charge in [0.2, 0.25) is 0 Å². The molecular weight excluding hydrogens is 224 g/mol. The van der Waals surface area contributed by atoms with E-state index in [-0.39, 0.29) is 0 Å². The van der Waals surface area contributed by atoms with Crippen molar-refractivity contribution >= 4 is 17.9 Å². The van der Waals surface area contributed by atoms with Crippen LogP contribution >= 0.6 is 11.9 Å². The maximum Gasteiger partial charge on any atom is 0.0841 e. The summed E-state index contributed by atoms with van der Waals surface area (Å²) < 4.78 is 2.68. The van der Waals surface area contributed by atoms with Crippen LogP contribution in [0.2, 0.25) is 0 Å². The minimum absolute atomic E-state index is 0.968. The Kier molecular flexibility index (Phi) is 7.45. The van der Waals surface area contributed by atoms with Gasteiger partial charge >= 0.3 is 0 Å². The van der Waals surface area contributed by atoms with Gasteiger partial charge in [-0.25, -0.2) is 4.72 Å². The highest BCUT2D eigenvalue weighted by atomic mass is 32.2. The lowest BCUT2D eigenvalue weighted by Gasteiger charge is -2.22. The second-order valence-electron chi connectivity index (χ2n) is 3.82. The first kappa shape index (κ1) is 15.5. The lowest BCUT2D eigenvalue weighted by molar-refractivity contribution is -0.894. The van der Waals surface area contributed by atoms with Crippen LogP contribution in [0.5, 0.6) is 0 Å². The molecule has 0 aromatic heterocycles. The van der Waals surface area contributed by atoms with E-state index in [1.807, 2.05) is 0 Å². The van der Waals surface area contributed by atoms with Crippen molar-refractivity contribution in [3.05, 3.63) is 11.5 Å². The van der Waals surface area contributed by atoms with Gasteiger partial charge in [-0.3, -0.25) is 0 Å². The fraction of sp³-hybridized carbons (Fsp3) is 0.727. The Morgan fingerprint density at radius 2 is 1.88 bits per heavy atom. The van der Waals surface area contributed by atoms with Crippen molar-refractivity contribution in [2.24, 2.45) is 0 Å². The van der Waals surface area contributed by atoms with Gasteiger partial charge in [0.25, 0.3) is 0 Å². The summed E-state index contributed by atoms with van der Waals surface area (Å²) in [6, 6.07) is 0. The van der Waals surface area contributed by atoms with Gasteiger partial charge in [0.15, 0.2) is 0 Å². The van der Waals surface area contributed by atoms with Gasteiger partial charge in [-0.1, -0.05) is 18.0 Å². The molecule has 0 amide bonds. The Morgan fingerprint density at radius 1 is 1.38 bits per heavy atom. The lowest BCUT2D eigenvalue weighted by Crippen LogP contribution is -3.11. The molecule has 1 unspecified atom stereocenters. The summed E-state index contributed by atoms with van der Waals surface area (Å²) in [4.78, 5) is 12.0. The molecular formula is C11H22N2O2S. The number of hydrogen-bond donors (Lipinski definition) is 2. The lowest BCUT2D eigenvalue weighted by atomic mass is 10.1. The number of carbonyl (C=O) groups excluding carboxylic acids is 1. The minimum Gasteiger partial charge on any atom is -0.548 e. The van der Waals surface area contributed by atoms with Gasteiger partial charge in [0.1, 0.15) is 0 Å². The molecule has 16 heavy (non-hydrogen) atoms. The molecule has 0 aliphatic carbocycles. The van der Waals surface area contributed by atoms with Crippen molar-refractivity contribution in [2.45, 2.75) is 33.2 Å². The molecule has 94 valence electrons. The smallest absolute Gasteiger partial charge is 0.0841 e. The largest absolute Gasteiger partial charge is 0.548 e. The average Bonchev–Trinajstić information content (AvgIpc) is 2.70. The molecule has 0 aromatic carbocycles. The van der Waals surface area contributed by atoms with Crippen LogP contribution in [0.25, 0.3) is 0 Å². The van der Waals surface area contributed by atoms with Crippen LogP contribution in [0.15, 0.2) is 11.5 Å². The number of aliphatic carboxylic acids is 1. The highest BCUT2D eigenvalue weighted by Crippen LogP contribution is 2.18. The van der Waals surface area contributed by atoms with Gasteiger partial charge in [-0.15, -0.1) is 0 Å². The van der Waals surface area contributed by atoms with E-state index in [4.69, 9.17) is 0 Å². The molecule has 0 aromatic rings. The topological polar surface area (TPSA) is 56.6 Å². The van der Waals surface area contributed by atoms with Crippen LogP contribution in [-0.4, -0.2) is 31.1 Å². The Balaban J connectivity index is 0.000000293. The molecule has 4 nitrogen and oxygen atoms in total. The van der Waals surface area contributed by atoms with Gasteiger partial charge in [0.05, 0.1) is 31.1 Å². The number of nitrogens with one attached hydrogen (secondary N) is 2. The highest BCUT2D eigenvalue weighted by molar-refractivity contribution is 8.00. The van der Waals surface area contributed by atoms with E-state index in [2.05, 4.69) is 25.5 Å². The van der Waals surface area contributed by atoms with Crippen molar-refractivity contribution in [3.8, 4) is 0 Å². The molecule has 1 heterocycles. The Morgan fingerprint density at radius 3 is 2.00 bits per heavy atom. The third kappa shape index (κ3) is 5.01.